The monoisotopic (exact) mass is 244 g/mol. The number of hydrogen-bond donors (Lipinski definition) is 0. The molecule has 1 aliphatic carbocycles. The standard InChI is InChI=1S/C14H16.2C2H6/c1-2-14(13-10-6-7-11-13)12-8-4-3-5-9-12;2*1-2/h2-5,8-10H,6-7,11H2,1H3;2*1-2H3/b14-2-;;. The van der Waals surface area contributed by atoms with E-state index in [0.29, 0.717) is 0 Å². The van der Waals surface area contributed by atoms with Crippen LogP contribution in [0.3, 0.4) is 0 Å². The minimum absolute atomic E-state index is 1.24. The van der Waals surface area contributed by atoms with E-state index in [-0.39, 0.29) is 0 Å². The SMILES string of the molecule is C/C=C(\C1=CCCC1)c1ccccc1.CC.CC. The number of benzene rings is 1. The molecule has 1 aliphatic rings. The first-order valence-electron chi connectivity index (χ1n) is 7.33. The molecule has 0 nitrogen and oxygen atoms in total. The normalized spacial score (nSPS) is 13.8. The van der Waals surface area contributed by atoms with E-state index in [1.807, 2.05) is 27.7 Å². The molecule has 0 saturated heterocycles. The van der Waals surface area contributed by atoms with Crippen LogP contribution in [0.4, 0.5) is 0 Å². The molecule has 100 valence electrons. The molecule has 2 rings (SSSR count). The quantitative estimate of drug-likeness (QED) is 0.576. The number of rotatable bonds is 2. The van der Waals surface area contributed by atoms with Gasteiger partial charge in [-0.1, -0.05) is 70.2 Å². The predicted molar refractivity (Wildman–Crippen MR) is 84.7 cm³/mol. The third kappa shape index (κ3) is 4.91. The zero-order valence-corrected chi connectivity index (χ0v) is 12.7. The molecule has 0 amide bonds. The first kappa shape index (κ1) is 16.7. The van der Waals surface area contributed by atoms with Crippen molar-refractivity contribution in [2.45, 2.75) is 53.9 Å². The highest BCUT2D eigenvalue weighted by Gasteiger charge is 2.10. The van der Waals surface area contributed by atoms with Gasteiger partial charge in [-0.15, -0.1) is 0 Å². The molecule has 0 saturated carbocycles. The van der Waals surface area contributed by atoms with Gasteiger partial charge in [-0.05, 0) is 42.9 Å². The predicted octanol–water partition coefficient (Wildman–Crippen LogP) is 6.25. The van der Waals surface area contributed by atoms with Crippen LogP contribution in [-0.4, -0.2) is 0 Å². The molecule has 0 aliphatic heterocycles. The molecule has 0 heterocycles. The lowest BCUT2D eigenvalue weighted by molar-refractivity contribution is 0.918. The van der Waals surface area contributed by atoms with Gasteiger partial charge in [0.25, 0.3) is 0 Å². The Morgan fingerprint density at radius 2 is 1.61 bits per heavy atom. The summed E-state index contributed by atoms with van der Waals surface area (Å²) in [5.41, 5.74) is 4.30. The Hall–Kier alpha value is -1.30. The van der Waals surface area contributed by atoms with Gasteiger partial charge in [-0.3, -0.25) is 0 Å². The molecule has 0 unspecified atom stereocenters. The molecule has 1 aromatic carbocycles. The Kier molecular flexibility index (Phi) is 10.0. The topological polar surface area (TPSA) is 0 Å². The van der Waals surface area contributed by atoms with Crippen LogP contribution >= 0.6 is 0 Å². The summed E-state index contributed by atoms with van der Waals surface area (Å²) < 4.78 is 0. The van der Waals surface area contributed by atoms with Crippen molar-refractivity contribution < 1.29 is 0 Å². The van der Waals surface area contributed by atoms with E-state index >= 15 is 0 Å². The maximum Gasteiger partial charge on any atom is -0.0185 e. The molecule has 0 fully saturated rings. The molecule has 0 aromatic heterocycles. The molecule has 0 atom stereocenters. The lowest BCUT2D eigenvalue weighted by Gasteiger charge is -2.07. The van der Waals surface area contributed by atoms with Gasteiger partial charge in [0.15, 0.2) is 0 Å². The molecule has 0 heteroatoms. The second-order valence-electron chi connectivity index (χ2n) is 3.69. The van der Waals surface area contributed by atoms with E-state index in [2.05, 4.69) is 49.4 Å². The van der Waals surface area contributed by atoms with Crippen molar-refractivity contribution in [1.82, 2.24) is 0 Å². The van der Waals surface area contributed by atoms with Gasteiger partial charge in [-0.2, -0.15) is 0 Å². The van der Waals surface area contributed by atoms with Crippen LogP contribution < -0.4 is 0 Å². The average molecular weight is 244 g/mol. The van der Waals surface area contributed by atoms with Gasteiger partial charge in [-0.25, -0.2) is 0 Å². The van der Waals surface area contributed by atoms with Crippen LogP contribution in [0.1, 0.15) is 59.4 Å². The van der Waals surface area contributed by atoms with Crippen molar-refractivity contribution in [3.05, 3.63) is 53.6 Å². The third-order valence-corrected chi connectivity index (χ3v) is 2.76. The molecule has 0 N–H and O–H groups in total. The van der Waals surface area contributed by atoms with Gasteiger partial charge in [0.1, 0.15) is 0 Å². The van der Waals surface area contributed by atoms with E-state index in [1.165, 1.54) is 36.0 Å². The highest BCUT2D eigenvalue weighted by Crippen LogP contribution is 2.31. The smallest absolute Gasteiger partial charge is 0.0185 e. The second-order valence-corrected chi connectivity index (χ2v) is 3.69. The van der Waals surface area contributed by atoms with Gasteiger partial charge < -0.3 is 0 Å². The first-order valence-corrected chi connectivity index (χ1v) is 7.33. The van der Waals surface area contributed by atoms with Crippen LogP contribution in [0.5, 0.6) is 0 Å². The average Bonchev–Trinajstić information content (AvgIpc) is 2.99. The Morgan fingerprint density at radius 1 is 1.00 bits per heavy atom. The highest BCUT2D eigenvalue weighted by atomic mass is 14.1. The van der Waals surface area contributed by atoms with Crippen molar-refractivity contribution in [3.8, 4) is 0 Å². The van der Waals surface area contributed by atoms with Crippen LogP contribution in [0, 0.1) is 0 Å². The zero-order chi connectivity index (χ0) is 13.8. The van der Waals surface area contributed by atoms with E-state index in [9.17, 15) is 0 Å². The Bertz CT molecular complexity index is 355. The zero-order valence-electron chi connectivity index (χ0n) is 12.7. The molecule has 0 radical (unpaired) electrons. The molecular formula is C18H28. The highest BCUT2D eigenvalue weighted by molar-refractivity contribution is 5.79. The fraction of sp³-hybridized carbons (Fsp3) is 0.444. The van der Waals surface area contributed by atoms with Crippen molar-refractivity contribution in [2.75, 3.05) is 0 Å². The summed E-state index contributed by atoms with van der Waals surface area (Å²) in [6.45, 7) is 10.1. The summed E-state index contributed by atoms with van der Waals surface area (Å²) in [5.74, 6) is 0. The van der Waals surface area contributed by atoms with Crippen molar-refractivity contribution >= 4 is 5.57 Å². The minimum atomic E-state index is 1.24. The lowest BCUT2D eigenvalue weighted by Crippen LogP contribution is -1.86. The van der Waals surface area contributed by atoms with E-state index < -0.39 is 0 Å². The lowest BCUT2D eigenvalue weighted by atomic mass is 9.97. The fourth-order valence-electron chi connectivity index (χ4n) is 2.07. The van der Waals surface area contributed by atoms with Gasteiger partial charge in [0.05, 0.1) is 0 Å². The second kappa shape index (κ2) is 10.8. The number of allylic oxidation sites excluding steroid dienone is 4. The summed E-state index contributed by atoms with van der Waals surface area (Å²) in [6, 6.07) is 10.7. The minimum Gasteiger partial charge on any atom is -0.0807 e. The van der Waals surface area contributed by atoms with Gasteiger partial charge in [0, 0.05) is 0 Å². The van der Waals surface area contributed by atoms with Crippen LogP contribution in [0.15, 0.2) is 48.1 Å². The molecular weight excluding hydrogens is 216 g/mol. The maximum absolute atomic E-state index is 2.38. The van der Waals surface area contributed by atoms with Crippen LogP contribution in [0.2, 0.25) is 0 Å². The molecule has 0 spiro atoms. The largest absolute Gasteiger partial charge is 0.0807 e. The summed E-state index contributed by atoms with van der Waals surface area (Å²) in [6.07, 6.45) is 8.42. The number of hydrogen-bond acceptors (Lipinski definition) is 0. The van der Waals surface area contributed by atoms with Gasteiger partial charge >= 0.3 is 0 Å². The molecule has 1 aromatic rings. The first-order chi connectivity index (χ1) is 8.92. The molecule has 18 heavy (non-hydrogen) atoms. The third-order valence-electron chi connectivity index (χ3n) is 2.76. The molecule has 0 bridgehead atoms. The maximum atomic E-state index is 2.38. The summed E-state index contributed by atoms with van der Waals surface area (Å²) in [5, 5.41) is 0. The van der Waals surface area contributed by atoms with E-state index in [1.54, 1.807) is 0 Å². The Morgan fingerprint density at radius 3 is 2.06 bits per heavy atom. The summed E-state index contributed by atoms with van der Waals surface area (Å²) >= 11 is 0. The Balaban J connectivity index is 0.000000659. The van der Waals surface area contributed by atoms with Crippen molar-refractivity contribution in [1.29, 1.82) is 0 Å². The van der Waals surface area contributed by atoms with Crippen LogP contribution in [0.25, 0.3) is 5.57 Å². The van der Waals surface area contributed by atoms with E-state index in [0.717, 1.165) is 0 Å². The fourth-order valence-corrected chi connectivity index (χ4v) is 2.07. The van der Waals surface area contributed by atoms with Crippen molar-refractivity contribution in [3.63, 3.8) is 0 Å². The summed E-state index contributed by atoms with van der Waals surface area (Å²) in [4.78, 5) is 0. The van der Waals surface area contributed by atoms with Crippen molar-refractivity contribution in [2.24, 2.45) is 0 Å². The van der Waals surface area contributed by atoms with Gasteiger partial charge in [0.2, 0.25) is 0 Å². The van der Waals surface area contributed by atoms with Crippen LogP contribution in [-0.2, 0) is 0 Å². The Labute approximate surface area is 113 Å². The summed E-state index contributed by atoms with van der Waals surface area (Å²) in [7, 11) is 0. The van der Waals surface area contributed by atoms with E-state index in [4.69, 9.17) is 0 Å².